The average molecular weight is 329 g/mol. The van der Waals surface area contributed by atoms with Crippen molar-refractivity contribution in [3.8, 4) is 5.75 Å². The van der Waals surface area contributed by atoms with Crippen LogP contribution in [-0.2, 0) is 4.74 Å². The topological polar surface area (TPSA) is 73.6 Å². The Bertz CT molecular complexity index is 473. The standard InChI is InChI=1S/C13H17BrN2O3/c1-18-13(17)11-10(15)5-4-9(14)12(11)19-7-8-3-2-6-16-8/h4-5,8,16H,2-3,6-7,15H2,1H3. The summed E-state index contributed by atoms with van der Waals surface area (Å²) in [5.41, 5.74) is 6.46. The van der Waals surface area contributed by atoms with Gasteiger partial charge in [0, 0.05) is 11.7 Å². The number of hydrogen-bond acceptors (Lipinski definition) is 5. The summed E-state index contributed by atoms with van der Waals surface area (Å²) >= 11 is 3.38. The smallest absolute Gasteiger partial charge is 0.343 e. The van der Waals surface area contributed by atoms with Crippen LogP contribution in [0.25, 0.3) is 0 Å². The summed E-state index contributed by atoms with van der Waals surface area (Å²) in [5.74, 6) is -0.0475. The Kier molecular flexibility index (Phi) is 4.66. The summed E-state index contributed by atoms with van der Waals surface area (Å²) in [6.45, 7) is 1.52. The molecular weight excluding hydrogens is 312 g/mol. The maximum atomic E-state index is 11.8. The summed E-state index contributed by atoms with van der Waals surface area (Å²) in [4.78, 5) is 11.8. The summed E-state index contributed by atoms with van der Waals surface area (Å²) in [6.07, 6.45) is 2.23. The van der Waals surface area contributed by atoms with Gasteiger partial charge in [-0.25, -0.2) is 4.79 Å². The average Bonchev–Trinajstić information content (AvgIpc) is 2.92. The Morgan fingerprint density at radius 2 is 2.37 bits per heavy atom. The van der Waals surface area contributed by atoms with Crippen molar-refractivity contribution in [1.29, 1.82) is 0 Å². The minimum Gasteiger partial charge on any atom is -0.490 e. The molecule has 5 nitrogen and oxygen atoms in total. The minimum absolute atomic E-state index is 0.273. The number of ether oxygens (including phenoxy) is 2. The van der Waals surface area contributed by atoms with Gasteiger partial charge in [0.2, 0.25) is 0 Å². The van der Waals surface area contributed by atoms with Gasteiger partial charge in [-0.05, 0) is 47.4 Å². The number of carbonyl (C=O) groups is 1. The van der Waals surface area contributed by atoms with Crippen molar-refractivity contribution in [3.05, 3.63) is 22.2 Å². The fourth-order valence-electron chi connectivity index (χ4n) is 2.11. The maximum absolute atomic E-state index is 11.8. The van der Waals surface area contributed by atoms with Crippen LogP contribution in [0, 0.1) is 0 Å². The van der Waals surface area contributed by atoms with Crippen LogP contribution in [0.5, 0.6) is 5.75 Å². The van der Waals surface area contributed by atoms with E-state index in [4.69, 9.17) is 15.2 Å². The number of hydrogen-bond donors (Lipinski definition) is 2. The second kappa shape index (κ2) is 6.25. The molecule has 0 radical (unpaired) electrons. The van der Waals surface area contributed by atoms with Gasteiger partial charge in [0.1, 0.15) is 17.9 Å². The highest BCUT2D eigenvalue weighted by Gasteiger charge is 2.22. The molecule has 0 spiro atoms. The fraction of sp³-hybridized carbons (Fsp3) is 0.462. The van der Waals surface area contributed by atoms with E-state index in [2.05, 4.69) is 21.2 Å². The van der Waals surface area contributed by atoms with Crippen LogP contribution in [-0.4, -0.2) is 32.3 Å². The summed E-state index contributed by atoms with van der Waals surface area (Å²) < 4.78 is 11.2. The Balaban J connectivity index is 2.21. The third-order valence-corrected chi connectivity index (χ3v) is 3.75. The lowest BCUT2D eigenvalue weighted by Gasteiger charge is -2.16. The molecule has 6 heteroatoms. The van der Waals surface area contributed by atoms with Crippen molar-refractivity contribution < 1.29 is 14.3 Å². The van der Waals surface area contributed by atoms with Gasteiger partial charge in [-0.3, -0.25) is 0 Å². The third kappa shape index (κ3) is 3.19. The van der Waals surface area contributed by atoms with E-state index in [9.17, 15) is 4.79 Å². The van der Waals surface area contributed by atoms with Crippen LogP contribution >= 0.6 is 15.9 Å². The number of halogens is 1. The molecule has 1 aromatic rings. The molecule has 1 atom stereocenters. The Hall–Kier alpha value is -1.27. The second-order valence-corrected chi connectivity index (χ2v) is 5.29. The monoisotopic (exact) mass is 328 g/mol. The number of nitrogens with two attached hydrogens (primary N) is 1. The van der Waals surface area contributed by atoms with Crippen molar-refractivity contribution in [2.45, 2.75) is 18.9 Å². The first-order valence-corrected chi connectivity index (χ1v) is 6.95. The lowest BCUT2D eigenvalue weighted by Crippen LogP contribution is -2.28. The molecule has 1 aromatic carbocycles. The number of nitrogens with one attached hydrogen (secondary N) is 1. The first-order valence-electron chi connectivity index (χ1n) is 6.16. The number of nitrogen functional groups attached to an aromatic ring is 1. The molecule has 0 amide bonds. The van der Waals surface area contributed by atoms with E-state index in [-0.39, 0.29) is 5.56 Å². The Labute approximate surface area is 120 Å². The largest absolute Gasteiger partial charge is 0.490 e. The highest BCUT2D eigenvalue weighted by atomic mass is 79.9. The molecule has 1 saturated heterocycles. The zero-order valence-corrected chi connectivity index (χ0v) is 12.3. The normalized spacial score (nSPS) is 18.3. The first kappa shape index (κ1) is 14.1. The van der Waals surface area contributed by atoms with Gasteiger partial charge in [-0.15, -0.1) is 0 Å². The number of benzene rings is 1. The van der Waals surface area contributed by atoms with Gasteiger partial charge in [-0.1, -0.05) is 0 Å². The van der Waals surface area contributed by atoms with Gasteiger partial charge < -0.3 is 20.5 Å². The molecule has 19 heavy (non-hydrogen) atoms. The van der Waals surface area contributed by atoms with Gasteiger partial charge in [0.25, 0.3) is 0 Å². The van der Waals surface area contributed by atoms with E-state index in [0.717, 1.165) is 19.4 Å². The third-order valence-electron chi connectivity index (χ3n) is 3.12. The van der Waals surface area contributed by atoms with E-state index in [0.29, 0.717) is 28.6 Å². The van der Waals surface area contributed by atoms with Crippen LogP contribution in [0.2, 0.25) is 0 Å². The minimum atomic E-state index is -0.492. The van der Waals surface area contributed by atoms with Crippen LogP contribution in [0.3, 0.4) is 0 Å². The van der Waals surface area contributed by atoms with Crippen LogP contribution in [0.4, 0.5) is 5.69 Å². The summed E-state index contributed by atoms with van der Waals surface area (Å²) in [5, 5.41) is 3.34. The van der Waals surface area contributed by atoms with Crippen molar-refractivity contribution in [1.82, 2.24) is 5.32 Å². The van der Waals surface area contributed by atoms with Crippen molar-refractivity contribution in [2.24, 2.45) is 0 Å². The number of carbonyl (C=O) groups excluding carboxylic acids is 1. The van der Waals surface area contributed by atoms with Gasteiger partial charge in [0.05, 0.1) is 11.6 Å². The SMILES string of the molecule is COC(=O)c1c(N)ccc(Br)c1OCC1CCCN1. The first-order chi connectivity index (χ1) is 9.13. The van der Waals surface area contributed by atoms with E-state index in [1.54, 1.807) is 12.1 Å². The molecular formula is C13H17BrN2O3. The summed E-state index contributed by atoms with van der Waals surface area (Å²) in [6, 6.07) is 3.73. The molecule has 0 saturated carbocycles. The van der Waals surface area contributed by atoms with E-state index in [1.807, 2.05) is 0 Å². The lowest BCUT2D eigenvalue weighted by atomic mass is 10.1. The van der Waals surface area contributed by atoms with Crippen LogP contribution in [0.15, 0.2) is 16.6 Å². The van der Waals surface area contributed by atoms with Gasteiger partial charge in [-0.2, -0.15) is 0 Å². The predicted octanol–water partition coefficient (Wildman–Crippen LogP) is 1.95. The zero-order chi connectivity index (χ0) is 13.8. The number of methoxy groups -OCH3 is 1. The number of esters is 1. The molecule has 0 aromatic heterocycles. The zero-order valence-electron chi connectivity index (χ0n) is 10.7. The van der Waals surface area contributed by atoms with Crippen molar-refractivity contribution in [2.75, 3.05) is 26.0 Å². The highest BCUT2D eigenvalue weighted by molar-refractivity contribution is 9.10. The van der Waals surface area contributed by atoms with Crippen LogP contribution in [0.1, 0.15) is 23.2 Å². The lowest BCUT2D eigenvalue weighted by molar-refractivity contribution is 0.0596. The summed E-state index contributed by atoms with van der Waals surface area (Å²) in [7, 11) is 1.32. The maximum Gasteiger partial charge on any atom is 0.343 e. The number of anilines is 1. The predicted molar refractivity (Wildman–Crippen MR) is 76.4 cm³/mol. The van der Waals surface area contributed by atoms with Gasteiger partial charge in [0.15, 0.2) is 0 Å². The fourth-order valence-corrected chi connectivity index (χ4v) is 2.55. The number of rotatable bonds is 4. The quantitative estimate of drug-likeness (QED) is 0.652. The van der Waals surface area contributed by atoms with Gasteiger partial charge >= 0.3 is 5.97 Å². The Morgan fingerprint density at radius 3 is 3.00 bits per heavy atom. The van der Waals surface area contributed by atoms with Crippen molar-refractivity contribution >= 4 is 27.6 Å². The van der Waals surface area contributed by atoms with E-state index in [1.165, 1.54) is 7.11 Å². The molecule has 1 aliphatic rings. The van der Waals surface area contributed by atoms with E-state index < -0.39 is 5.97 Å². The molecule has 1 heterocycles. The molecule has 1 aliphatic heterocycles. The molecule has 1 fully saturated rings. The molecule has 1 unspecified atom stereocenters. The second-order valence-electron chi connectivity index (χ2n) is 4.44. The van der Waals surface area contributed by atoms with Crippen LogP contribution < -0.4 is 15.8 Å². The molecule has 104 valence electrons. The molecule has 2 rings (SSSR count). The molecule has 3 N–H and O–H groups in total. The Morgan fingerprint density at radius 1 is 1.58 bits per heavy atom. The van der Waals surface area contributed by atoms with Crippen molar-refractivity contribution in [3.63, 3.8) is 0 Å². The molecule has 0 aliphatic carbocycles. The highest BCUT2D eigenvalue weighted by Crippen LogP contribution is 2.34. The molecule has 0 bridgehead atoms. The van der Waals surface area contributed by atoms with E-state index >= 15 is 0 Å².